The maximum Gasteiger partial charge on any atom is 0.162 e. The Morgan fingerprint density at radius 2 is 1.91 bits per heavy atom. The second kappa shape index (κ2) is 7.32. The molecule has 0 unspecified atom stereocenters. The summed E-state index contributed by atoms with van der Waals surface area (Å²) in [4.78, 5) is 0. The molecule has 3 nitrogen and oxygen atoms in total. The van der Waals surface area contributed by atoms with Crippen molar-refractivity contribution < 1.29 is 13.9 Å². The average molecular weight is 380 g/mol. The van der Waals surface area contributed by atoms with E-state index in [1.807, 2.05) is 12.1 Å². The Labute approximate surface area is 143 Å². The Kier molecular flexibility index (Phi) is 5.18. The summed E-state index contributed by atoms with van der Waals surface area (Å²) in [6.07, 6.45) is 2.52. The molecule has 0 bridgehead atoms. The summed E-state index contributed by atoms with van der Waals surface area (Å²) in [5.74, 6) is 1.11. The Hall–Kier alpha value is -1.59. The van der Waals surface area contributed by atoms with E-state index < -0.39 is 0 Å². The molecule has 1 fully saturated rings. The molecular formula is C18H19BrFNO2. The van der Waals surface area contributed by atoms with Gasteiger partial charge in [0.2, 0.25) is 0 Å². The van der Waals surface area contributed by atoms with Crippen LogP contribution in [-0.4, -0.2) is 13.2 Å². The predicted octanol–water partition coefficient (Wildman–Crippen LogP) is 4.43. The molecule has 0 aromatic heterocycles. The second-order valence-corrected chi connectivity index (χ2v) is 6.52. The number of hydrogen-bond acceptors (Lipinski definition) is 3. The SMILES string of the molecule is COc1cc(CNC2CC2)c(Br)cc1OCc1ccc(F)cc1. The van der Waals surface area contributed by atoms with Crippen LogP contribution < -0.4 is 14.8 Å². The van der Waals surface area contributed by atoms with Crippen molar-refractivity contribution in [3.05, 3.63) is 57.8 Å². The zero-order chi connectivity index (χ0) is 16.2. The average Bonchev–Trinajstić information content (AvgIpc) is 3.37. The first-order valence-electron chi connectivity index (χ1n) is 7.63. The topological polar surface area (TPSA) is 30.5 Å². The first-order valence-corrected chi connectivity index (χ1v) is 8.42. The van der Waals surface area contributed by atoms with Gasteiger partial charge in [0.15, 0.2) is 11.5 Å². The highest BCUT2D eigenvalue weighted by Gasteiger charge is 2.21. The third-order valence-electron chi connectivity index (χ3n) is 3.80. The van der Waals surface area contributed by atoms with Crippen LogP contribution in [0.5, 0.6) is 11.5 Å². The van der Waals surface area contributed by atoms with E-state index in [0.717, 1.165) is 22.1 Å². The van der Waals surface area contributed by atoms with E-state index >= 15 is 0 Å². The third kappa shape index (κ3) is 4.45. The van der Waals surface area contributed by atoms with Crippen LogP contribution in [0.2, 0.25) is 0 Å². The van der Waals surface area contributed by atoms with Gasteiger partial charge in [0.05, 0.1) is 7.11 Å². The maximum absolute atomic E-state index is 12.9. The van der Waals surface area contributed by atoms with Crippen LogP contribution in [0.15, 0.2) is 40.9 Å². The fourth-order valence-corrected chi connectivity index (χ4v) is 2.73. The van der Waals surface area contributed by atoms with Crippen molar-refractivity contribution >= 4 is 15.9 Å². The Morgan fingerprint density at radius 3 is 2.57 bits per heavy atom. The van der Waals surface area contributed by atoms with Gasteiger partial charge in [-0.3, -0.25) is 0 Å². The van der Waals surface area contributed by atoms with E-state index in [1.54, 1.807) is 19.2 Å². The van der Waals surface area contributed by atoms with Crippen molar-refractivity contribution in [2.24, 2.45) is 0 Å². The lowest BCUT2D eigenvalue weighted by molar-refractivity contribution is 0.284. The minimum absolute atomic E-state index is 0.249. The van der Waals surface area contributed by atoms with Crippen molar-refractivity contribution in [3.63, 3.8) is 0 Å². The first kappa shape index (κ1) is 16.3. The molecule has 0 saturated heterocycles. The quantitative estimate of drug-likeness (QED) is 0.771. The lowest BCUT2D eigenvalue weighted by Crippen LogP contribution is -2.15. The van der Waals surface area contributed by atoms with Crippen LogP contribution in [0.25, 0.3) is 0 Å². The molecule has 0 atom stereocenters. The van der Waals surface area contributed by atoms with E-state index in [4.69, 9.17) is 9.47 Å². The molecule has 0 radical (unpaired) electrons. The van der Waals surface area contributed by atoms with Gasteiger partial charge in [-0.15, -0.1) is 0 Å². The second-order valence-electron chi connectivity index (χ2n) is 5.66. The van der Waals surface area contributed by atoms with Gasteiger partial charge < -0.3 is 14.8 Å². The summed E-state index contributed by atoms with van der Waals surface area (Å²) >= 11 is 3.59. The number of methoxy groups -OCH3 is 1. The molecule has 0 heterocycles. The minimum atomic E-state index is -0.249. The highest BCUT2D eigenvalue weighted by Crippen LogP contribution is 2.34. The molecule has 0 amide bonds. The van der Waals surface area contributed by atoms with Gasteiger partial charge in [-0.2, -0.15) is 0 Å². The van der Waals surface area contributed by atoms with Gasteiger partial charge in [0, 0.05) is 17.1 Å². The lowest BCUT2D eigenvalue weighted by atomic mass is 10.2. The number of halogens is 2. The molecule has 122 valence electrons. The number of hydrogen-bond donors (Lipinski definition) is 1. The van der Waals surface area contributed by atoms with E-state index in [1.165, 1.54) is 25.0 Å². The predicted molar refractivity (Wildman–Crippen MR) is 91.3 cm³/mol. The lowest BCUT2D eigenvalue weighted by Gasteiger charge is -2.14. The molecule has 2 aromatic carbocycles. The normalized spacial score (nSPS) is 13.9. The van der Waals surface area contributed by atoms with Crippen molar-refractivity contribution in [2.45, 2.75) is 32.0 Å². The van der Waals surface area contributed by atoms with Gasteiger partial charge in [-0.05, 0) is 48.2 Å². The van der Waals surface area contributed by atoms with Crippen LogP contribution in [0, 0.1) is 5.82 Å². The molecule has 23 heavy (non-hydrogen) atoms. The summed E-state index contributed by atoms with van der Waals surface area (Å²) in [5, 5.41) is 3.49. The van der Waals surface area contributed by atoms with Crippen LogP contribution >= 0.6 is 15.9 Å². The Bertz CT molecular complexity index is 671. The highest BCUT2D eigenvalue weighted by molar-refractivity contribution is 9.10. The van der Waals surface area contributed by atoms with E-state index in [-0.39, 0.29) is 5.82 Å². The summed E-state index contributed by atoms with van der Waals surface area (Å²) in [5.41, 5.74) is 2.05. The number of nitrogens with one attached hydrogen (secondary N) is 1. The standard InChI is InChI=1S/C18H19BrFNO2/c1-22-17-8-13(10-21-15-6-7-15)16(19)9-18(17)23-11-12-2-4-14(20)5-3-12/h2-5,8-9,15,21H,6-7,10-11H2,1H3. The summed E-state index contributed by atoms with van der Waals surface area (Å²) < 4.78 is 25.2. The van der Waals surface area contributed by atoms with Gasteiger partial charge in [0.1, 0.15) is 12.4 Å². The zero-order valence-electron chi connectivity index (χ0n) is 12.9. The van der Waals surface area contributed by atoms with Crippen LogP contribution in [-0.2, 0) is 13.2 Å². The number of rotatable bonds is 7. The van der Waals surface area contributed by atoms with E-state index in [9.17, 15) is 4.39 Å². The molecule has 2 aromatic rings. The zero-order valence-corrected chi connectivity index (χ0v) is 14.5. The molecule has 1 aliphatic rings. The van der Waals surface area contributed by atoms with Crippen molar-refractivity contribution in [3.8, 4) is 11.5 Å². The third-order valence-corrected chi connectivity index (χ3v) is 4.54. The Morgan fingerprint density at radius 1 is 1.17 bits per heavy atom. The highest BCUT2D eigenvalue weighted by atomic mass is 79.9. The van der Waals surface area contributed by atoms with E-state index in [0.29, 0.717) is 24.1 Å². The smallest absolute Gasteiger partial charge is 0.162 e. The first-order chi connectivity index (χ1) is 11.2. The van der Waals surface area contributed by atoms with Crippen molar-refractivity contribution in [1.82, 2.24) is 5.32 Å². The summed E-state index contributed by atoms with van der Waals surface area (Å²) in [6.45, 7) is 1.17. The molecule has 3 rings (SSSR count). The van der Waals surface area contributed by atoms with Gasteiger partial charge in [0.25, 0.3) is 0 Å². The van der Waals surface area contributed by atoms with Crippen LogP contribution in [0.4, 0.5) is 4.39 Å². The molecule has 0 aliphatic heterocycles. The largest absolute Gasteiger partial charge is 0.493 e. The molecule has 0 spiro atoms. The molecule has 5 heteroatoms. The minimum Gasteiger partial charge on any atom is -0.493 e. The van der Waals surface area contributed by atoms with E-state index in [2.05, 4.69) is 21.2 Å². The monoisotopic (exact) mass is 379 g/mol. The van der Waals surface area contributed by atoms with Crippen molar-refractivity contribution in [1.29, 1.82) is 0 Å². The van der Waals surface area contributed by atoms with Crippen LogP contribution in [0.1, 0.15) is 24.0 Å². The van der Waals surface area contributed by atoms with Gasteiger partial charge in [-0.1, -0.05) is 28.1 Å². The Balaban J connectivity index is 1.69. The molecule has 1 aliphatic carbocycles. The fraction of sp³-hybridized carbons (Fsp3) is 0.333. The molecule has 1 saturated carbocycles. The van der Waals surface area contributed by atoms with Gasteiger partial charge >= 0.3 is 0 Å². The maximum atomic E-state index is 12.9. The summed E-state index contributed by atoms with van der Waals surface area (Å²) in [7, 11) is 1.63. The number of benzene rings is 2. The fourth-order valence-electron chi connectivity index (χ4n) is 2.27. The molecular weight excluding hydrogens is 361 g/mol. The van der Waals surface area contributed by atoms with Crippen molar-refractivity contribution in [2.75, 3.05) is 7.11 Å². The van der Waals surface area contributed by atoms with Crippen LogP contribution in [0.3, 0.4) is 0 Å². The van der Waals surface area contributed by atoms with Gasteiger partial charge in [-0.25, -0.2) is 4.39 Å². The summed E-state index contributed by atoms with van der Waals surface area (Å²) in [6, 6.07) is 10.8. The molecule has 1 N–H and O–H groups in total. The number of ether oxygens (including phenoxy) is 2.